The summed E-state index contributed by atoms with van der Waals surface area (Å²) in [6.45, 7) is 4.48. The van der Waals surface area contributed by atoms with Crippen molar-refractivity contribution in [1.29, 1.82) is 0 Å². The van der Waals surface area contributed by atoms with E-state index in [0.29, 0.717) is 18.0 Å². The highest BCUT2D eigenvalue weighted by atomic mass is 32.1. The van der Waals surface area contributed by atoms with Crippen LogP contribution in [0.25, 0.3) is 10.7 Å². The topological polar surface area (TPSA) is 68.5 Å². The molecule has 2 aromatic heterocycles. The van der Waals surface area contributed by atoms with Crippen molar-refractivity contribution in [3.63, 3.8) is 0 Å². The number of hydrogen-bond donors (Lipinski definition) is 0. The van der Waals surface area contributed by atoms with Gasteiger partial charge in [0.05, 0.1) is 24.4 Å². The first kappa shape index (κ1) is 19.4. The first-order valence-corrected chi connectivity index (χ1v) is 8.32. The van der Waals surface area contributed by atoms with E-state index in [9.17, 15) is 18.0 Å². The SMILES string of the molecule is COCCC(=O)N(Cc1ccc(-c2noc(C(F)(F)F)n2)s1)C(C)C. The average molecular weight is 377 g/mol. The third-order valence-corrected chi connectivity index (χ3v) is 4.41. The van der Waals surface area contributed by atoms with Crippen LogP contribution in [0.4, 0.5) is 13.2 Å². The molecule has 2 rings (SSSR count). The molecule has 0 spiro atoms. The van der Waals surface area contributed by atoms with Gasteiger partial charge in [-0.05, 0) is 26.0 Å². The van der Waals surface area contributed by atoms with Gasteiger partial charge in [0.25, 0.3) is 0 Å². The average Bonchev–Trinajstić information content (AvgIpc) is 3.17. The number of rotatable bonds is 7. The molecule has 1 amide bonds. The zero-order valence-electron chi connectivity index (χ0n) is 14.0. The number of halogens is 3. The number of nitrogens with zero attached hydrogens (tertiary/aromatic N) is 3. The molecule has 2 heterocycles. The van der Waals surface area contributed by atoms with E-state index in [2.05, 4.69) is 14.7 Å². The van der Waals surface area contributed by atoms with Gasteiger partial charge in [0.2, 0.25) is 11.7 Å². The molecular formula is C15H18F3N3O3S. The Morgan fingerprint density at radius 3 is 2.68 bits per heavy atom. The minimum absolute atomic E-state index is 0.0167. The third-order valence-electron chi connectivity index (χ3n) is 3.34. The van der Waals surface area contributed by atoms with Crippen molar-refractivity contribution < 1.29 is 27.2 Å². The second-order valence-corrected chi connectivity index (χ2v) is 6.71. The van der Waals surface area contributed by atoms with Gasteiger partial charge in [0.15, 0.2) is 0 Å². The van der Waals surface area contributed by atoms with Gasteiger partial charge >= 0.3 is 12.1 Å². The summed E-state index contributed by atoms with van der Waals surface area (Å²) < 4.78 is 46.7. The zero-order chi connectivity index (χ0) is 18.6. The van der Waals surface area contributed by atoms with Crippen molar-refractivity contribution in [3.05, 3.63) is 22.9 Å². The summed E-state index contributed by atoms with van der Waals surface area (Å²) in [6, 6.07) is 3.34. The number of thiophene rings is 1. The van der Waals surface area contributed by atoms with E-state index >= 15 is 0 Å². The smallest absolute Gasteiger partial charge is 0.384 e. The van der Waals surface area contributed by atoms with E-state index in [1.165, 1.54) is 18.4 Å². The minimum atomic E-state index is -4.67. The number of aromatic nitrogens is 2. The molecule has 138 valence electrons. The van der Waals surface area contributed by atoms with Crippen LogP contribution >= 0.6 is 11.3 Å². The number of carbonyl (C=O) groups is 1. The van der Waals surface area contributed by atoms with E-state index < -0.39 is 12.1 Å². The number of amides is 1. The molecule has 0 aliphatic rings. The van der Waals surface area contributed by atoms with Gasteiger partial charge in [-0.1, -0.05) is 5.16 Å². The van der Waals surface area contributed by atoms with Gasteiger partial charge in [-0.25, -0.2) is 0 Å². The van der Waals surface area contributed by atoms with Gasteiger partial charge < -0.3 is 14.2 Å². The lowest BCUT2D eigenvalue weighted by molar-refractivity contribution is -0.159. The number of methoxy groups -OCH3 is 1. The van der Waals surface area contributed by atoms with Gasteiger partial charge in [0, 0.05) is 18.0 Å². The number of hydrogen-bond acceptors (Lipinski definition) is 6. The first-order valence-electron chi connectivity index (χ1n) is 7.50. The lowest BCUT2D eigenvalue weighted by Gasteiger charge is -2.26. The summed E-state index contributed by atoms with van der Waals surface area (Å²) in [5.74, 6) is -1.55. The number of alkyl halides is 3. The molecule has 0 N–H and O–H groups in total. The maximum Gasteiger partial charge on any atom is 0.471 e. The van der Waals surface area contributed by atoms with Crippen LogP contribution in [0.2, 0.25) is 0 Å². The Balaban J connectivity index is 2.11. The van der Waals surface area contributed by atoms with Crippen LogP contribution in [-0.2, 0) is 22.3 Å². The third kappa shape index (κ3) is 5.02. The number of ether oxygens (including phenoxy) is 1. The van der Waals surface area contributed by atoms with E-state index in [-0.39, 0.29) is 24.2 Å². The van der Waals surface area contributed by atoms with Gasteiger partial charge in [0.1, 0.15) is 0 Å². The largest absolute Gasteiger partial charge is 0.471 e. The van der Waals surface area contributed by atoms with Crippen molar-refractivity contribution in [2.45, 2.75) is 39.0 Å². The molecule has 0 aliphatic carbocycles. The molecule has 10 heteroatoms. The van der Waals surface area contributed by atoms with Crippen LogP contribution in [-0.4, -0.2) is 40.7 Å². The van der Waals surface area contributed by atoms with E-state index in [1.54, 1.807) is 17.0 Å². The highest BCUT2D eigenvalue weighted by molar-refractivity contribution is 7.15. The standard InChI is InChI=1S/C15H18F3N3O3S/c1-9(2)21(12(22)6-7-23-3)8-10-4-5-11(25-10)13-19-14(24-20-13)15(16,17)18/h4-5,9H,6-8H2,1-3H3. The fourth-order valence-corrected chi connectivity index (χ4v) is 3.01. The summed E-state index contributed by atoms with van der Waals surface area (Å²) in [4.78, 5) is 18.5. The highest BCUT2D eigenvalue weighted by Crippen LogP contribution is 2.32. The second-order valence-electron chi connectivity index (χ2n) is 5.55. The van der Waals surface area contributed by atoms with Crippen LogP contribution in [0.3, 0.4) is 0 Å². The maximum absolute atomic E-state index is 12.5. The molecular weight excluding hydrogens is 359 g/mol. The summed E-state index contributed by atoms with van der Waals surface area (Å²) in [7, 11) is 1.53. The maximum atomic E-state index is 12.5. The Labute approximate surface area is 146 Å². The van der Waals surface area contributed by atoms with Gasteiger partial charge in [-0.15, -0.1) is 11.3 Å². The Kier molecular flexibility index (Phi) is 6.17. The molecule has 0 aromatic carbocycles. The van der Waals surface area contributed by atoms with Crippen molar-refractivity contribution in [2.75, 3.05) is 13.7 Å². The first-order chi connectivity index (χ1) is 11.7. The van der Waals surface area contributed by atoms with Gasteiger partial charge in [-0.2, -0.15) is 18.2 Å². The van der Waals surface area contributed by atoms with E-state index in [1.807, 2.05) is 13.8 Å². The van der Waals surface area contributed by atoms with E-state index in [4.69, 9.17) is 4.74 Å². The molecule has 25 heavy (non-hydrogen) atoms. The molecule has 0 unspecified atom stereocenters. The molecule has 2 aromatic rings. The van der Waals surface area contributed by atoms with Gasteiger partial charge in [-0.3, -0.25) is 4.79 Å². The Hall–Kier alpha value is -1.94. The Morgan fingerprint density at radius 2 is 2.12 bits per heavy atom. The summed E-state index contributed by atoms with van der Waals surface area (Å²) in [5.41, 5.74) is 0. The number of carbonyl (C=O) groups excluding carboxylic acids is 1. The van der Waals surface area contributed by atoms with Crippen LogP contribution in [0.1, 0.15) is 31.0 Å². The molecule has 0 fully saturated rings. The summed E-state index contributed by atoms with van der Waals surface area (Å²) in [6.07, 6.45) is -4.40. The lowest BCUT2D eigenvalue weighted by Crippen LogP contribution is -2.36. The lowest BCUT2D eigenvalue weighted by atomic mass is 10.2. The quantitative estimate of drug-likeness (QED) is 0.738. The van der Waals surface area contributed by atoms with Crippen molar-refractivity contribution in [1.82, 2.24) is 15.0 Å². The van der Waals surface area contributed by atoms with Crippen LogP contribution < -0.4 is 0 Å². The van der Waals surface area contributed by atoms with Crippen LogP contribution in [0, 0.1) is 0 Å². The van der Waals surface area contributed by atoms with Crippen molar-refractivity contribution in [2.24, 2.45) is 0 Å². The zero-order valence-corrected chi connectivity index (χ0v) is 14.8. The molecule has 0 bridgehead atoms. The molecule has 0 saturated heterocycles. The fraction of sp³-hybridized carbons (Fsp3) is 0.533. The van der Waals surface area contributed by atoms with Crippen molar-refractivity contribution >= 4 is 17.2 Å². The Morgan fingerprint density at radius 1 is 1.40 bits per heavy atom. The van der Waals surface area contributed by atoms with E-state index in [0.717, 1.165) is 4.88 Å². The normalized spacial score (nSPS) is 12.0. The minimum Gasteiger partial charge on any atom is -0.384 e. The van der Waals surface area contributed by atoms with Crippen molar-refractivity contribution in [3.8, 4) is 10.7 Å². The monoisotopic (exact) mass is 377 g/mol. The molecule has 6 nitrogen and oxygen atoms in total. The molecule has 0 saturated carbocycles. The summed E-state index contributed by atoms with van der Waals surface area (Å²) >= 11 is 1.22. The summed E-state index contributed by atoms with van der Waals surface area (Å²) in [5, 5.41) is 3.36. The Bertz CT molecular complexity index is 712. The molecule has 0 radical (unpaired) electrons. The van der Waals surface area contributed by atoms with Crippen LogP contribution in [0.15, 0.2) is 16.7 Å². The fourth-order valence-electron chi connectivity index (χ4n) is 2.08. The second kappa shape index (κ2) is 7.96. The predicted molar refractivity (Wildman–Crippen MR) is 84.8 cm³/mol. The molecule has 0 atom stereocenters. The molecule has 0 aliphatic heterocycles. The van der Waals surface area contributed by atoms with Crippen LogP contribution in [0.5, 0.6) is 0 Å². The predicted octanol–water partition coefficient (Wildman–Crippen LogP) is 3.59. The highest BCUT2D eigenvalue weighted by Gasteiger charge is 2.38.